The predicted molar refractivity (Wildman–Crippen MR) is 52.8 cm³/mol. The van der Waals surface area contributed by atoms with E-state index < -0.39 is 7.12 Å². The van der Waals surface area contributed by atoms with Crippen LogP contribution in [0.25, 0.3) is 0 Å². The molecule has 68 valence electrons. The molecule has 0 spiro atoms. The van der Waals surface area contributed by atoms with Gasteiger partial charge in [-0.3, -0.25) is 0 Å². The molecule has 0 aromatic heterocycles. The summed E-state index contributed by atoms with van der Waals surface area (Å²) in [6, 6.07) is 5.59. The molecule has 0 bridgehead atoms. The summed E-state index contributed by atoms with van der Waals surface area (Å²) in [5.41, 5.74) is 8.22. The molecule has 1 aliphatic heterocycles. The third kappa shape index (κ3) is 1.43. The molecule has 4 heteroatoms. The molecule has 2 rings (SSSR count). The zero-order valence-corrected chi connectivity index (χ0v) is 7.53. The lowest BCUT2D eigenvalue weighted by Crippen LogP contribution is -2.42. The quantitative estimate of drug-likeness (QED) is 0.436. The Balaban J connectivity index is 2.50. The van der Waals surface area contributed by atoms with Crippen molar-refractivity contribution in [3.8, 4) is 0 Å². The minimum absolute atomic E-state index is 0.332. The Kier molecular flexibility index (Phi) is 2.02. The van der Waals surface area contributed by atoms with Gasteiger partial charge in [0.25, 0.3) is 0 Å². The van der Waals surface area contributed by atoms with E-state index in [1.165, 1.54) is 0 Å². The fourth-order valence-electron chi connectivity index (χ4n) is 1.67. The first kappa shape index (κ1) is 8.60. The molecule has 3 nitrogen and oxygen atoms in total. The van der Waals surface area contributed by atoms with E-state index in [0.717, 1.165) is 11.0 Å². The summed E-state index contributed by atoms with van der Waals surface area (Å²) in [4.78, 5) is 0. The third-order valence-electron chi connectivity index (χ3n) is 2.41. The second-order valence-corrected chi connectivity index (χ2v) is 3.48. The number of nitrogens with two attached hydrogens (primary N) is 1. The molecule has 1 aromatic rings. The van der Waals surface area contributed by atoms with E-state index in [9.17, 15) is 5.02 Å². The van der Waals surface area contributed by atoms with Crippen molar-refractivity contribution in [2.24, 2.45) is 0 Å². The highest BCUT2D eigenvalue weighted by Crippen LogP contribution is 2.19. The molecule has 1 heterocycles. The molecule has 1 aromatic carbocycles. The molecular formula is C9H12BNO2. The van der Waals surface area contributed by atoms with Gasteiger partial charge < -0.3 is 15.4 Å². The van der Waals surface area contributed by atoms with Gasteiger partial charge in [-0.25, -0.2) is 0 Å². The van der Waals surface area contributed by atoms with E-state index in [0.29, 0.717) is 18.2 Å². The standard InChI is InChI=1S/C9H12BNO2/c1-6-5-13-10(12)9-4-7(11)2-3-8(6)9/h2-4,6,12H,5,11H2,1H3. The van der Waals surface area contributed by atoms with Crippen LogP contribution in [0.4, 0.5) is 5.69 Å². The number of hydrogen-bond acceptors (Lipinski definition) is 3. The number of nitrogen functional groups attached to an aromatic ring is 1. The molecular weight excluding hydrogens is 165 g/mol. The molecule has 0 saturated heterocycles. The number of hydrogen-bond donors (Lipinski definition) is 2. The van der Waals surface area contributed by atoms with Crippen molar-refractivity contribution < 1.29 is 9.68 Å². The van der Waals surface area contributed by atoms with Gasteiger partial charge in [0, 0.05) is 18.2 Å². The smallest absolute Gasteiger partial charge is 0.423 e. The topological polar surface area (TPSA) is 55.5 Å². The van der Waals surface area contributed by atoms with Crippen molar-refractivity contribution in [2.45, 2.75) is 12.8 Å². The van der Waals surface area contributed by atoms with Crippen molar-refractivity contribution in [1.82, 2.24) is 0 Å². The second-order valence-electron chi connectivity index (χ2n) is 3.48. The lowest BCUT2D eigenvalue weighted by atomic mass is 9.71. The van der Waals surface area contributed by atoms with E-state index in [4.69, 9.17) is 10.4 Å². The largest absolute Gasteiger partial charge is 0.491 e. The van der Waals surface area contributed by atoms with E-state index in [1.807, 2.05) is 12.1 Å². The first-order chi connectivity index (χ1) is 6.18. The predicted octanol–water partition coefficient (Wildman–Crippen LogP) is 0.0900. The lowest BCUT2D eigenvalue weighted by molar-refractivity contribution is 0.245. The van der Waals surface area contributed by atoms with Gasteiger partial charge in [0.2, 0.25) is 0 Å². The summed E-state index contributed by atoms with van der Waals surface area (Å²) in [6.07, 6.45) is 0. The van der Waals surface area contributed by atoms with Gasteiger partial charge in [-0.1, -0.05) is 13.0 Å². The van der Waals surface area contributed by atoms with E-state index in [-0.39, 0.29) is 0 Å². The average molecular weight is 177 g/mol. The zero-order valence-electron chi connectivity index (χ0n) is 7.53. The van der Waals surface area contributed by atoms with E-state index in [1.54, 1.807) is 6.07 Å². The minimum atomic E-state index is -0.810. The van der Waals surface area contributed by atoms with Crippen LogP contribution in [-0.4, -0.2) is 18.7 Å². The summed E-state index contributed by atoms with van der Waals surface area (Å²) in [5.74, 6) is 0.332. The van der Waals surface area contributed by atoms with Gasteiger partial charge in [-0.15, -0.1) is 0 Å². The number of anilines is 1. The summed E-state index contributed by atoms with van der Waals surface area (Å²) < 4.78 is 5.17. The van der Waals surface area contributed by atoms with Crippen LogP contribution in [0.2, 0.25) is 0 Å². The van der Waals surface area contributed by atoms with Crippen molar-refractivity contribution in [2.75, 3.05) is 12.3 Å². The maximum Gasteiger partial charge on any atom is 0.491 e. The van der Waals surface area contributed by atoms with Gasteiger partial charge in [0.15, 0.2) is 0 Å². The maximum atomic E-state index is 9.53. The first-order valence-electron chi connectivity index (χ1n) is 4.37. The van der Waals surface area contributed by atoms with E-state index >= 15 is 0 Å². The molecule has 1 aliphatic rings. The van der Waals surface area contributed by atoms with Crippen LogP contribution in [-0.2, 0) is 4.65 Å². The number of rotatable bonds is 0. The Hall–Kier alpha value is -0.995. The number of fused-ring (bicyclic) bond motifs is 1. The van der Waals surface area contributed by atoms with Gasteiger partial charge in [0.1, 0.15) is 0 Å². The Morgan fingerprint density at radius 1 is 1.62 bits per heavy atom. The Morgan fingerprint density at radius 2 is 2.38 bits per heavy atom. The Labute approximate surface area is 77.7 Å². The van der Waals surface area contributed by atoms with Crippen LogP contribution >= 0.6 is 0 Å². The SMILES string of the molecule is CC1COB(O)c2cc(N)ccc21. The molecule has 0 aliphatic carbocycles. The van der Waals surface area contributed by atoms with Crippen molar-refractivity contribution in [3.05, 3.63) is 23.8 Å². The monoisotopic (exact) mass is 177 g/mol. The van der Waals surface area contributed by atoms with E-state index in [2.05, 4.69) is 6.92 Å². The highest BCUT2D eigenvalue weighted by atomic mass is 16.5. The fraction of sp³-hybridized carbons (Fsp3) is 0.333. The second kappa shape index (κ2) is 3.05. The van der Waals surface area contributed by atoms with Crippen LogP contribution in [0.1, 0.15) is 18.4 Å². The van der Waals surface area contributed by atoms with Crippen molar-refractivity contribution in [1.29, 1.82) is 0 Å². The molecule has 13 heavy (non-hydrogen) atoms. The molecule has 0 amide bonds. The van der Waals surface area contributed by atoms with Gasteiger partial charge in [0.05, 0.1) is 0 Å². The normalized spacial score (nSPS) is 21.4. The summed E-state index contributed by atoms with van der Waals surface area (Å²) in [7, 11) is -0.810. The molecule has 0 fully saturated rings. The number of benzene rings is 1. The zero-order chi connectivity index (χ0) is 9.42. The van der Waals surface area contributed by atoms with Gasteiger partial charge in [-0.05, 0) is 23.2 Å². The first-order valence-corrected chi connectivity index (χ1v) is 4.37. The summed E-state index contributed by atoms with van der Waals surface area (Å²) in [5, 5.41) is 9.53. The summed E-state index contributed by atoms with van der Waals surface area (Å²) in [6.45, 7) is 2.64. The molecule has 1 unspecified atom stereocenters. The molecule has 1 atom stereocenters. The summed E-state index contributed by atoms with van der Waals surface area (Å²) >= 11 is 0. The molecule has 0 radical (unpaired) electrons. The van der Waals surface area contributed by atoms with Gasteiger partial charge >= 0.3 is 7.12 Å². The van der Waals surface area contributed by atoms with Crippen LogP contribution < -0.4 is 11.2 Å². The van der Waals surface area contributed by atoms with Crippen molar-refractivity contribution in [3.63, 3.8) is 0 Å². The van der Waals surface area contributed by atoms with Crippen LogP contribution in [0.3, 0.4) is 0 Å². The molecule has 3 N–H and O–H groups in total. The fourth-order valence-corrected chi connectivity index (χ4v) is 1.67. The van der Waals surface area contributed by atoms with Crippen LogP contribution in [0, 0.1) is 0 Å². The van der Waals surface area contributed by atoms with Crippen molar-refractivity contribution >= 4 is 18.3 Å². The third-order valence-corrected chi connectivity index (χ3v) is 2.41. The highest BCUT2D eigenvalue weighted by molar-refractivity contribution is 6.61. The lowest BCUT2D eigenvalue weighted by Gasteiger charge is -2.24. The molecule has 0 saturated carbocycles. The average Bonchev–Trinajstić information content (AvgIpc) is 2.12. The van der Waals surface area contributed by atoms with Gasteiger partial charge in [-0.2, -0.15) is 0 Å². The Morgan fingerprint density at radius 3 is 3.15 bits per heavy atom. The minimum Gasteiger partial charge on any atom is -0.423 e. The maximum absolute atomic E-state index is 9.53. The highest BCUT2D eigenvalue weighted by Gasteiger charge is 2.28. The van der Waals surface area contributed by atoms with Crippen LogP contribution in [0.15, 0.2) is 18.2 Å². The Bertz CT molecular complexity index is 329. The van der Waals surface area contributed by atoms with Crippen LogP contribution in [0.5, 0.6) is 0 Å².